The molecule has 0 aromatic heterocycles. The minimum atomic E-state index is -0.721. The van der Waals surface area contributed by atoms with E-state index in [1.807, 2.05) is 6.92 Å². The predicted molar refractivity (Wildman–Crippen MR) is 142 cm³/mol. The van der Waals surface area contributed by atoms with E-state index in [2.05, 4.69) is 10.6 Å². The number of anilines is 3. The summed E-state index contributed by atoms with van der Waals surface area (Å²) in [6.07, 6.45) is 0.122. The number of nitrogens with zero attached hydrogens (tertiary/aromatic N) is 1. The lowest BCUT2D eigenvalue weighted by molar-refractivity contribution is -0.120. The van der Waals surface area contributed by atoms with Crippen LogP contribution in [-0.4, -0.2) is 30.8 Å². The van der Waals surface area contributed by atoms with Gasteiger partial charge in [0.25, 0.3) is 11.8 Å². The maximum Gasteiger partial charge on any atom is 0.337 e. The van der Waals surface area contributed by atoms with E-state index >= 15 is 0 Å². The van der Waals surface area contributed by atoms with Crippen molar-refractivity contribution in [3.8, 4) is 0 Å². The quantitative estimate of drug-likeness (QED) is 0.322. The molecular weight excluding hydrogens is 517 g/mol. The maximum absolute atomic E-state index is 13.0. The zero-order valence-electron chi connectivity index (χ0n) is 19.8. The lowest BCUT2D eigenvalue weighted by Crippen LogP contribution is -2.32. The minimum Gasteiger partial charge on any atom is -0.465 e. The first kappa shape index (κ1) is 25.9. The van der Waals surface area contributed by atoms with Gasteiger partial charge in [0.15, 0.2) is 0 Å². The highest BCUT2D eigenvalue weighted by atomic mass is 35.5. The third-order valence-electron chi connectivity index (χ3n) is 5.68. The predicted octanol–water partition coefficient (Wildman–Crippen LogP) is 5.05. The molecule has 0 saturated heterocycles. The highest BCUT2D eigenvalue weighted by Crippen LogP contribution is 2.31. The summed E-state index contributed by atoms with van der Waals surface area (Å²) in [6.45, 7) is 1.82. The molecule has 10 heteroatoms. The molecule has 0 atom stereocenters. The van der Waals surface area contributed by atoms with Crippen molar-refractivity contribution >= 4 is 64.0 Å². The van der Waals surface area contributed by atoms with E-state index in [1.165, 1.54) is 31.4 Å². The number of ether oxygens (including phenoxy) is 1. The molecule has 1 heterocycles. The van der Waals surface area contributed by atoms with Gasteiger partial charge in [0, 0.05) is 16.4 Å². The fraction of sp³-hybridized carbons (Fsp3) is 0.111. The van der Waals surface area contributed by atoms with Gasteiger partial charge >= 0.3 is 5.97 Å². The highest BCUT2D eigenvalue weighted by Gasteiger charge is 2.39. The molecule has 0 aliphatic carbocycles. The van der Waals surface area contributed by atoms with Crippen LogP contribution in [0.3, 0.4) is 0 Å². The lowest BCUT2D eigenvalue weighted by Gasteiger charge is -2.16. The fourth-order valence-electron chi connectivity index (χ4n) is 3.71. The second-order valence-corrected chi connectivity index (χ2v) is 8.92. The monoisotopic (exact) mass is 537 g/mol. The molecule has 1 aliphatic rings. The Morgan fingerprint density at radius 2 is 1.65 bits per heavy atom. The van der Waals surface area contributed by atoms with Gasteiger partial charge in [-0.05, 0) is 60.5 Å². The number of halogens is 2. The number of carbonyl (C=O) groups excluding carboxylic acids is 4. The van der Waals surface area contributed by atoms with E-state index in [0.29, 0.717) is 16.4 Å². The molecule has 3 aromatic rings. The van der Waals surface area contributed by atoms with Crippen LogP contribution in [0.5, 0.6) is 0 Å². The summed E-state index contributed by atoms with van der Waals surface area (Å²) in [5.74, 6) is -2.20. The summed E-state index contributed by atoms with van der Waals surface area (Å²) in [7, 11) is 1.24. The largest absolute Gasteiger partial charge is 0.465 e. The molecule has 3 amide bonds. The van der Waals surface area contributed by atoms with Crippen molar-refractivity contribution in [3.63, 3.8) is 0 Å². The zero-order chi connectivity index (χ0) is 26.7. The van der Waals surface area contributed by atoms with Crippen LogP contribution in [0.2, 0.25) is 5.02 Å². The van der Waals surface area contributed by atoms with Gasteiger partial charge in [-0.15, -0.1) is 0 Å². The second-order valence-electron chi connectivity index (χ2n) is 8.14. The van der Waals surface area contributed by atoms with Crippen LogP contribution in [0.4, 0.5) is 17.1 Å². The zero-order valence-corrected chi connectivity index (χ0v) is 21.3. The summed E-state index contributed by atoms with van der Waals surface area (Å²) in [4.78, 5) is 51.0. The molecule has 4 rings (SSSR count). The van der Waals surface area contributed by atoms with E-state index in [1.54, 1.807) is 42.5 Å². The molecule has 3 aromatic carbocycles. The van der Waals surface area contributed by atoms with Gasteiger partial charge in [-0.25, -0.2) is 9.69 Å². The van der Waals surface area contributed by atoms with Crippen molar-refractivity contribution < 1.29 is 23.9 Å². The lowest BCUT2D eigenvalue weighted by atomic mass is 10.1. The number of methoxy groups -OCH3 is 1. The number of rotatable bonds is 7. The number of carbonyl (C=O) groups is 4. The van der Waals surface area contributed by atoms with E-state index < -0.39 is 17.8 Å². The van der Waals surface area contributed by atoms with Crippen molar-refractivity contribution in [1.82, 2.24) is 0 Å². The summed E-state index contributed by atoms with van der Waals surface area (Å²) in [6, 6.07) is 18.0. The van der Waals surface area contributed by atoms with Crippen molar-refractivity contribution in [2.75, 3.05) is 22.6 Å². The molecule has 0 unspecified atom stereocenters. The maximum atomic E-state index is 13.0. The molecule has 0 fully saturated rings. The third kappa shape index (κ3) is 5.50. The van der Waals surface area contributed by atoms with Crippen LogP contribution >= 0.6 is 23.2 Å². The molecular formula is C27H21Cl2N3O5. The average Bonchev–Trinajstić information content (AvgIpc) is 3.10. The molecule has 2 N–H and O–H groups in total. The summed E-state index contributed by atoms with van der Waals surface area (Å²) < 4.78 is 4.70. The van der Waals surface area contributed by atoms with Crippen LogP contribution in [0.15, 0.2) is 77.5 Å². The van der Waals surface area contributed by atoms with Gasteiger partial charge in [0.2, 0.25) is 5.91 Å². The Morgan fingerprint density at radius 3 is 2.35 bits per heavy atom. The van der Waals surface area contributed by atoms with Crippen LogP contribution < -0.4 is 15.5 Å². The number of hydrogen-bond donors (Lipinski definition) is 2. The first-order chi connectivity index (χ1) is 17.7. The third-order valence-corrected chi connectivity index (χ3v) is 6.44. The summed E-state index contributed by atoms with van der Waals surface area (Å²) in [5, 5.41) is 6.01. The van der Waals surface area contributed by atoms with Gasteiger partial charge < -0.3 is 15.4 Å². The summed E-state index contributed by atoms with van der Waals surface area (Å²) >= 11 is 12.3. The normalized spacial score (nSPS) is 13.1. The standard InChI is InChI=1S/C27H21Cl2N3O5/c1-15-20(28)7-4-8-21(15)31-22(33)13-16-9-11-18(12-10-16)30-24-23(29)25(34)32(26(24)35)19-6-3-5-17(14-19)27(36)37-2/h3-12,14,30H,13H2,1-2H3,(H,31,33). The van der Waals surface area contributed by atoms with Crippen molar-refractivity contribution in [3.05, 3.63) is 99.2 Å². The second kappa shape index (κ2) is 10.9. The number of esters is 1. The number of benzene rings is 3. The van der Waals surface area contributed by atoms with E-state index in [0.717, 1.165) is 16.0 Å². The molecule has 1 aliphatic heterocycles. The number of imide groups is 1. The van der Waals surface area contributed by atoms with Crippen LogP contribution in [0.25, 0.3) is 0 Å². The van der Waals surface area contributed by atoms with Crippen molar-refractivity contribution in [2.45, 2.75) is 13.3 Å². The Hall–Kier alpha value is -4.14. The van der Waals surface area contributed by atoms with Gasteiger partial charge in [-0.3, -0.25) is 14.4 Å². The fourth-order valence-corrected chi connectivity index (χ4v) is 4.10. The van der Waals surface area contributed by atoms with E-state index in [9.17, 15) is 19.2 Å². The van der Waals surface area contributed by atoms with E-state index in [4.69, 9.17) is 27.9 Å². The molecule has 37 heavy (non-hydrogen) atoms. The van der Waals surface area contributed by atoms with Crippen molar-refractivity contribution in [2.24, 2.45) is 0 Å². The molecule has 0 bridgehead atoms. The van der Waals surface area contributed by atoms with Crippen LogP contribution in [-0.2, 0) is 25.5 Å². The molecule has 8 nitrogen and oxygen atoms in total. The molecule has 188 valence electrons. The Balaban J connectivity index is 1.44. The van der Waals surface area contributed by atoms with Gasteiger partial charge in [0.1, 0.15) is 10.7 Å². The molecule has 0 saturated carbocycles. The van der Waals surface area contributed by atoms with Crippen molar-refractivity contribution in [1.29, 1.82) is 0 Å². The Bertz CT molecular complexity index is 1450. The highest BCUT2D eigenvalue weighted by molar-refractivity contribution is 6.53. The molecule has 0 radical (unpaired) electrons. The minimum absolute atomic E-state index is 0.0999. The smallest absolute Gasteiger partial charge is 0.337 e. The number of nitrogens with one attached hydrogen (secondary N) is 2. The van der Waals surface area contributed by atoms with Gasteiger partial charge in [-0.2, -0.15) is 0 Å². The number of amides is 3. The van der Waals surface area contributed by atoms with E-state index in [-0.39, 0.29) is 34.3 Å². The Kier molecular flexibility index (Phi) is 7.61. The SMILES string of the molecule is COC(=O)c1cccc(N2C(=O)C(Cl)=C(Nc3ccc(CC(=O)Nc4cccc(Cl)c4C)cc3)C2=O)c1. The topological polar surface area (TPSA) is 105 Å². The average molecular weight is 538 g/mol. The first-order valence-corrected chi connectivity index (χ1v) is 11.8. The summed E-state index contributed by atoms with van der Waals surface area (Å²) in [5.41, 5.74) is 2.92. The Labute approximate surface area is 222 Å². The van der Waals surface area contributed by atoms with Crippen LogP contribution in [0, 0.1) is 6.92 Å². The first-order valence-electron chi connectivity index (χ1n) is 11.1. The number of hydrogen-bond acceptors (Lipinski definition) is 6. The Morgan fingerprint density at radius 1 is 0.946 bits per heavy atom. The molecule has 0 spiro atoms. The van der Waals surface area contributed by atoms with Gasteiger partial charge in [-0.1, -0.05) is 47.5 Å². The van der Waals surface area contributed by atoms with Crippen LogP contribution in [0.1, 0.15) is 21.5 Å². The van der Waals surface area contributed by atoms with Gasteiger partial charge in [0.05, 0.1) is 24.8 Å².